The molecule has 0 atom stereocenters. The zero-order valence-electron chi connectivity index (χ0n) is 10.1. The van der Waals surface area contributed by atoms with Gasteiger partial charge in [-0.1, -0.05) is 6.07 Å². The minimum absolute atomic E-state index is 0.248. The van der Waals surface area contributed by atoms with E-state index in [0.717, 1.165) is 22.5 Å². The Morgan fingerprint density at radius 2 is 2.00 bits per heavy atom. The molecule has 0 saturated carbocycles. The fourth-order valence-corrected chi connectivity index (χ4v) is 1.94. The van der Waals surface area contributed by atoms with Crippen molar-refractivity contribution >= 4 is 0 Å². The van der Waals surface area contributed by atoms with E-state index in [1.165, 1.54) is 12.1 Å². The van der Waals surface area contributed by atoms with E-state index in [9.17, 15) is 4.39 Å². The van der Waals surface area contributed by atoms with Crippen LogP contribution in [0.15, 0.2) is 24.3 Å². The van der Waals surface area contributed by atoms with Crippen LogP contribution < -0.4 is 5.73 Å². The average Bonchev–Trinajstić information content (AvgIpc) is 2.60. The first kappa shape index (κ1) is 11.8. The van der Waals surface area contributed by atoms with E-state index in [0.29, 0.717) is 13.1 Å². The first-order valence-corrected chi connectivity index (χ1v) is 5.58. The van der Waals surface area contributed by atoms with Gasteiger partial charge in [0.2, 0.25) is 0 Å². The number of nitrogens with zero attached hydrogens (tertiary/aromatic N) is 2. The molecule has 90 valence electrons. The predicted molar refractivity (Wildman–Crippen MR) is 65.1 cm³/mol. The van der Waals surface area contributed by atoms with E-state index in [-0.39, 0.29) is 5.82 Å². The largest absolute Gasteiger partial charge is 0.326 e. The van der Waals surface area contributed by atoms with Crippen LogP contribution in [0.4, 0.5) is 4.39 Å². The van der Waals surface area contributed by atoms with Crippen LogP contribution in [0.1, 0.15) is 22.5 Å². The molecule has 0 radical (unpaired) electrons. The van der Waals surface area contributed by atoms with Gasteiger partial charge in [-0.05, 0) is 43.2 Å². The third-order valence-corrected chi connectivity index (χ3v) is 2.81. The molecule has 2 N–H and O–H groups in total. The summed E-state index contributed by atoms with van der Waals surface area (Å²) < 4.78 is 15.0. The Kier molecular flexibility index (Phi) is 3.24. The number of aromatic nitrogens is 2. The molecule has 3 nitrogen and oxygen atoms in total. The van der Waals surface area contributed by atoms with Gasteiger partial charge in [0.05, 0.1) is 12.2 Å². The molecule has 0 aliphatic rings. The van der Waals surface area contributed by atoms with E-state index >= 15 is 0 Å². The maximum atomic E-state index is 13.1. The highest BCUT2D eigenvalue weighted by Gasteiger charge is 2.06. The van der Waals surface area contributed by atoms with Crippen LogP contribution in [-0.2, 0) is 13.1 Å². The molecule has 2 rings (SSSR count). The summed E-state index contributed by atoms with van der Waals surface area (Å²) in [4.78, 5) is 0. The van der Waals surface area contributed by atoms with Gasteiger partial charge in [-0.25, -0.2) is 4.39 Å². The molecule has 1 heterocycles. The van der Waals surface area contributed by atoms with Crippen molar-refractivity contribution in [3.63, 3.8) is 0 Å². The van der Waals surface area contributed by atoms with Crippen molar-refractivity contribution in [3.05, 3.63) is 52.6 Å². The molecule has 0 bridgehead atoms. The van der Waals surface area contributed by atoms with Gasteiger partial charge in [-0.3, -0.25) is 4.68 Å². The Labute approximate surface area is 100 Å². The van der Waals surface area contributed by atoms with Gasteiger partial charge in [-0.2, -0.15) is 5.10 Å². The Balaban J connectivity index is 2.32. The summed E-state index contributed by atoms with van der Waals surface area (Å²) in [7, 11) is 0. The molecule has 0 fully saturated rings. The van der Waals surface area contributed by atoms with E-state index in [1.807, 2.05) is 24.6 Å². The van der Waals surface area contributed by atoms with Gasteiger partial charge in [-0.15, -0.1) is 0 Å². The fraction of sp³-hybridized carbons (Fsp3) is 0.308. The molecule has 0 aliphatic carbocycles. The zero-order chi connectivity index (χ0) is 12.4. The molecule has 0 saturated heterocycles. The van der Waals surface area contributed by atoms with Crippen LogP contribution in [0.2, 0.25) is 0 Å². The average molecular weight is 233 g/mol. The quantitative estimate of drug-likeness (QED) is 0.882. The summed E-state index contributed by atoms with van der Waals surface area (Å²) in [5.41, 5.74) is 9.54. The molecule has 0 aliphatic heterocycles. The lowest BCUT2D eigenvalue weighted by Crippen LogP contribution is -2.09. The number of hydrogen-bond acceptors (Lipinski definition) is 2. The van der Waals surface area contributed by atoms with Gasteiger partial charge in [0.15, 0.2) is 0 Å². The highest BCUT2D eigenvalue weighted by atomic mass is 19.1. The van der Waals surface area contributed by atoms with Crippen LogP contribution in [0.3, 0.4) is 0 Å². The Morgan fingerprint density at radius 1 is 1.24 bits per heavy atom. The fourth-order valence-electron chi connectivity index (χ4n) is 1.94. The molecule has 17 heavy (non-hydrogen) atoms. The second kappa shape index (κ2) is 4.67. The second-order valence-electron chi connectivity index (χ2n) is 4.20. The predicted octanol–water partition coefficient (Wildman–Crippen LogP) is 2.15. The molecule has 1 aromatic heterocycles. The molecular weight excluding hydrogens is 217 g/mol. The monoisotopic (exact) mass is 233 g/mol. The number of nitrogens with two attached hydrogens (primary N) is 1. The minimum Gasteiger partial charge on any atom is -0.326 e. The van der Waals surface area contributed by atoms with Gasteiger partial charge >= 0.3 is 0 Å². The van der Waals surface area contributed by atoms with Crippen molar-refractivity contribution in [1.29, 1.82) is 0 Å². The van der Waals surface area contributed by atoms with Crippen molar-refractivity contribution in [2.45, 2.75) is 26.9 Å². The van der Waals surface area contributed by atoms with Crippen LogP contribution in [0.5, 0.6) is 0 Å². The Morgan fingerprint density at radius 3 is 2.59 bits per heavy atom. The van der Waals surface area contributed by atoms with Gasteiger partial charge in [0.1, 0.15) is 5.82 Å². The van der Waals surface area contributed by atoms with Crippen molar-refractivity contribution in [1.82, 2.24) is 9.78 Å². The molecule has 0 spiro atoms. The lowest BCUT2D eigenvalue weighted by atomic mass is 10.1. The van der Waals surface area contributed by atoms with E-state index in [1.54, 1.807) is 6.07 Å². The third kappa shape index (κ3) is 2.53. The maximum Gasteiger partial charge on any atom is 0.123 e. The molecular formula is C13H16FN3. The van der Waals surface area contributed by atoms with Crippen molar-refractivity contribution in [2.75, 3.05) is 0 Å². The van der Waals surface area contributed by atoms with Crippen molar-refractivity contribution in [2.24, 2.45) is 5.73 Å². The van der Waals surface area contributed by atoms with Crippen LogP contribution in [0.25, 0.3) is 0 Å². The van der Waals surface area contributed by atoms with Crippen LogP contribution in [-0.4, -0.2) is 9.78 Å². The zero-order valence-corrected chi connectivity index (χ0v) is 10.1. The van der Waals surface area contributed by atoms with Crippen LogP contribution >= 0.6 is 0 Å². The summed E-state index contributed by atoms with van der Waals surface area (Å²) in [5, 5.41) is 4.39. The first-order valence-electron chi connectivity index (χ1n) is 5.58. The summed E-state index contributed by atoms with van der Waals surface area (Å²) in [5.74, 6) is -0.248. The lowest BCUT2D eigenvalue weighted by Gasteiger charge is -2.09. The third-order valence-electron chi connectivity index (χ3n) is 2.81. The van der Waals surface area contributed by atoms with Gasteiger partial charge in [0, 0.05) is 12.2 Å². The van der Waals surface area contributed by atoms with Gasteiger partial charge < -0.3 is 5.73 Å². The maximum absolute atomic E-state index is 13.1. The number of halogens is 1. The molecule has 1 aromatic carbocycles. The number of rotatable bonds is 3. The Bertz CT molecular complexity index is 531. The highest BCUT2D eigenvalue weighted by Crippen LogP contribution is 2.13. The Hall–Kier alpha value is -1.68. The minimum atomic E-state index is -0.248. The highest BCUT2D eigenvalue weighted by molar-refractivity contribution is 5.28. The normalized spacial score (nSPS) is 10.8. The molecule has 2 aromatic rings. The number of hydrogen-bond donors (Lipinski definition) is 1. The van der Waals surface area contributed by atoms with Gasteiger partial charge in [0.25, 0.3) is 0 Å². The summed E-state index contributed by atoms with van der Waals surface area (Å²) in [6.45, 7) is 4.93. The lowest BCUT2D eigenvalue weighted by molar-refractivity contribution is 0.617. The summed E-state index contributed by atoms with van der Waals surface area (Å²) >= 11 is 0. The topological polar surface area (TPSA) is 43.8 Å². The number of benzene rings is 1. The smallest absolute Gasteiger partial charge is 0.123 e. The second-order valence-corrected chi connectivity index (χ2v) is 4.20. The van der Waals surface area contributed by atoms with Crippen LogP contribution in [0, 0.1) is 19.7 Å². The van der Waals surface area contributed by atoms with Crippen molar-refractivity contribution < 1.29 is 4.39 Å². The summed E-state index contributed by atoms with van der Waals surface area (Å²) in [6, 6.07) is 6.74. The SMILES string of the molecule is Cc1cc(C)n(Cc2ccc(F)cc2CN)n1. The standard InChI is InChI=1S/C13H16FN3/c1-9-5-10(2)17(16-9)8-11-3-4-13(14)6-12(11)7-15/h3-6H,7-8,15H2,1-2H3. The number of aryl methyl sites for hydroxylation is 2. The van der Waals surface area contributed by atoms with E-state index < -0.39 is 0 Å². The van der Waals surface area contributed by atoms with E-state index in [4.69, 9.17) is 5.73 Å². The molecule has 0 unspecified atom stereocenters. The summed E-state index contributed by atoms with van der Waals surface area (Å²) in [6.07, 6.45) is 0. The van der Waals surface area contributed by atoms with Crippen molar-refractivity contribution in [3.8, 4) is 0 Å². The first-order chi connectivity index (χ1) is 8.10. The molecule has 0 amide bonds. The molecule has 4 heteroatoms. The van der Waals surface area contributed by atoms with E-state index in [2.05, 4.69) is 5.10 Å².